The average molecular weight is 297 g/mol. The quantitative estimate of drug-likeness (QED) is 0.877. The highest BCUT2D eigenvalue weighted by molar-refractivity contribution is 5.67. The molecule has 0 bridgehead atoms. The lowest BCUT2D eigenvalue weighted by Gasteiger charge is -2.23. The predicted molar refractivity (Wildman–Crippen MR) is 79.4 cm³/mol. The summed E-state index contributed by atoms with van der Waals surface area (Å²) in [5.74, 6) is -0.360. The van der Waals surface area contributed by atoms with E-state index in [-0.39, 0.29) is 17.9 Å². The molecule has 0 fully saturated rings. The second-order valence-corrected chi connectivity index (χ2v) is 6.11. The smallest absolute Gasteiger partial charge is 0.407 e. The van der Waals surface area contributed by atoms with Crippen molar-refractivity contribution < 1.29 is 13.9 Å². The number of aromatic nitrogens is 1. The molecular weight excluding hydrogens is 273 g/mol. The van der Waals surface area contributed by atoms with Crippen LogP contribution in [0.2, 0.25) is 0 Å². The largest absolute Gasteiger partial charge is 0.444 e. The number of rotatable bonds is 5. The van der Waals surface area contributed by atoms with Gasteiger partial charge in [0.1, 0.15) is 11.4 Å². The molecule has 2 unspecified atom stereocenters. The lowest BCUT2D eigenvalue weighted by molar-refractivity contribution is 0.0522. The number of hydrogen-bond acceptors (Lipinski definition) is 4. The van der Waals surface area contributed by atoms with Crippen molar-refractivity contribution >= 4 is 6.09 Å². The highest BCUT2D eigenvalue weighted by atomic mass is 19.1. The molecule has 1 rings (SSSR count). The van der Waals surface area contributed by atoms with Crippen LogP contribution in [0.3, 0.4) is 0 Å². The molecule has 1 aromatic heterocycles. The minimum atomic E-state index is -0.513. The van der Waals surface area contributed by atoms with Crippen LogP contribution in [-0.2, 0) is 4.74 Å². The third-order valence-corrected chi connectivity index (χ3v) is 2.71. The molecule has 0 saturated heterocycles. The molecule has 0 aromatic carbocycles. The first kappa shape index (κ1) is 17.4. The van der Waals surface area contributed by atoms with Crippen molar-refractivity contribution in [3.8, 4) is 0 Å². The van der Waals surface area contributed by atoms with Crippen LogP contribution in [0.1, 0.15) is 46.2 Å². The summed E-state index contributed by atoms with van der Waals surface area (Å²) in [4.78, 5) is 15.4. The van der Waals surface area contributed by atoms with Crippen LogP contribution in [0, 0.1) is 5.82 Å². The van der Waals surface area contributed by atoms with E-state index >= 15 is 0 Å². The van der Waals surface area contributed by atoms with E-state index in [4.69, 9.17) is 4.74 Å². The van der Waals surface area contributed by atoms with Crippen LogP contribution >= 0.6 is 0 Å². The molecule has 1 heterocycles. The van der Waals surface area contributed by atoms with E-state index in [0.29, 0.717) is 6.54 Å². The molecule has 118 valence electrons. The summed E-state index contributed by atoms with van der Waals surface area (Å²) in [5, 5.41) is 5.96. The minimum Gasteiger partial charge on any atom is -0.444 e. The number of nitrogens with one attached hydrogen (secondary N) is 2. The van der Waals surface area contributed by atoms with Crippen LogP contribution in [0.4, 0.5) is 9.18 Å². The van der Waals surface area contributed by atoms with Crippen LogP contribution in [-0.4, -0.2) is 29.3 Å². The standard InChI is InChI=1S/C15H24FN3O2/c1-10(7-18-14(20)21-15(3,4)5)19-11(2)12-6-13(16)9-17-8-12/h6,8-11,19H,7H2,1-5H3,(H,18,20). The van der Waals surface area contributed by atoms with E-state index in [1.165, 1.54) is 12.3 Å². The maximum absolute atomic E-state index is 13.1. The van der Waals surface area contributed by atoms with Crippen molar-refractivity contribution in [1.29, 1.82) is 0 Å². The summed E-state index contributed by atoms with van der Waals surface area (Å²) < 4.78 is 18.3. The highest BCUT2D eigenvalue weighted by Crippen LogP contribution is 2.12. The van der Waals surface area contributed by atoms with E-state index in [2.05, 4.69) is 15.6 Å². The van der Waals surface area contributed by atoms with E-state index in [9.17, 15) is 9.18 Å². The highest BCUT2D eigenvalue weighted by Gasteiger charge is 2.17. The summed E-state index contributed by atoms with van der Waals surface area (Å²) >= 11 is 0. The van der Waals surface area contributed by atoms with Crippen molar-refractivity contribution in [3.05, 3.63) is 29.8 Å². The maximum Gasteiger partial charge on any atom is 0.407 e. The molecule has 21 heavy (non-hydrogen) atoms. The van der Waals surface area contributed by atoms with Crippen molar-refractivity contribution in [2.45, 2.75) is 52.3 Å². The molecule has 2 atom stereocenters. The summed E-state index contributed by atoms with van der Waals surface area (Å²) in [6.07, 6.45) is 2.34. The lowest BCUT2D eigenvalue weighted by Crippen LogP contribution is -2.42. The molecule has 0 saturated carbocycles. The van der Waals surface area contributed by atoms with E-state index in [1.807, 2.05) is 34.6 Å². The predicted octanol–water partition coefficient (Wildman–Crippen LogP) is 2.78. The number of carbonyl (C=O) groups is 1. The van der Waals surface area contributed by atoms with Crippen LogP contribution in [0.25, 0.3) is 0 Å². The van der Waals surface area contributed by atoms with Gasteiger partial charge in [-0.25, -0.2) is 9.18 Å². The topological polar surface area (TPSA) is 63.2 Å². The number of ether oxygens (including phenoxy) is 1. The van der Waals surface area contributed by atoms with Gasteiger partial charge in [-0.2, -0.15) is 0 Å². The van der Waals surface area contributed by atoms with Gasteiger partial charge < -0.3 is 15.4 Å². The Morgan fingerprint density at radius 2 is 2.05 bits per heavy atom. The van der Waals surface area contributed by atoms with E-state index in [0.717, 1.165) is 5.56 Å². The number of alkyl carbamates (subject to hydrolysis) is 1. The fourth-order valence-electron chi connectivity index (χ4n) is 1.80. The first-order chi connectivity index (χ1) is 9.67. The lowest BCUT2D eigenvalue weighted by atomic mass is 10.1. The number of pyridine rings is 1. The number of amides is 1. The second-order valence-electron chi connectivity index (χ2n) is 6.11. The SMILES string of the molecule is CC(CNC(=O)OC(C)(C)C)NC(C)c1cncc(F)c1. The number of nitrogens with zero attached hydrogens (tertiary/aromatic N) is 1. The van der Waals surface area contributed by atoms with Gasteiger partial charge in [0.2, 0.25) is 0 Å². The zero-order valence-corrected chi connectivity index (χ0v) is 13.2. The number of halogens is 1. The number of carbonyl (C=O) groups excluding carboxylic acids is 1. The van der Waals surface area contributed by atoms with E-state index < -0.39 is 11.7 Å². The van der Waals surface area contributed by atoms with Gasteiger partial charge in [0.15, 0.2) is 0 Å². The first-order valence-corrected chi connectivity index (χ1v) is 7.00. The maximum atomic E-state index is 13.1. The average Bonchev–Trinajstić information content (AvgIpc) is 2.34. The molecule has 5 nitrogen and oxygen atoms in total. The molecular formula is C15H24FN3O2. The second kappa shape index (κ2) is 7.36. The van der Waals surface area contributed by atoms with Gasteiger partial charge in [-0.1, -0.05) is 0 Å². The van der Waals surface area contributed by atoms with E-state index in [1.54, 1.807) is 6.20 Å². The molecule has 2 N–H and O–H groups in total. The normalized spacial score (nSPS) is 14.4. The van der Waals surface area contributed by atoms with Gasteiger partial charge >= 0.3 is 6.09 Å². The Bertz CT molecular complexity index is 474. The first-order valence-electron chi connectivity index (χ1n) is 7.00. The Morgan fingerprint density at radius 1 is 1.38 bits per heavy atom. The van der Waals surface area contributed by atoms with Crippen LogP contribution in [0.5, 0.6) is 0 Å². The summed E-state index contributed by atoms with van der Waals surface area (Å²) in [6.45, 7) is 9.71. The molecule has 0 aliphatic heterocycles. The van der Waals surface area contributed by atoms with Gasteiger partial charge in [0.05, 0.1) is 6.20 Å². The fraction of sp³-hybridized carbons (Fsp3) is 0.600. The van der Waals surface area contributed by atoms with Crippen molar-refractivity contribution in [2.24, 2.45) is 0 Å². The van der Waals surface area contributed by atoms with Crippen molar-refractivity contribution in [3.63, 3.8) is 0 Å². The summed E-state index contributed by atoms with van der Waals surface area (Å²) in [5.41, 5.74) is 0.250. The number of hydrogen-bond donors (Lipinski definition) is 2. The van der Waals surface area contributed by atoms with Crippen LogP contribution < -0.4 is 10.6 Å². The Labute approximate surface area is 125 Å². The minimum absolute atomic E-state index is 0.00999. The van der Waals surface area contributed by atoms with Crippen molar-refractivity contribution in [2.75, 3.05) is 6.54 Å². The molecule has 0 aliphatic rings. The van der Waals surface area contributed by atoms with Gasteiger partial charge in [0.25, 0.3) is 0 Å². The molecule has 0 radical (unpaired) electrons. The fourth-order valence-corrected chi connectivity index (χ4v) is 1.80. The van der Waals surface area contributed by atoms with Crippen molar-refractivity contribution in [1.82, 2.24) is 15.6 Å². The Hall–Kier alpha value is -1.69. The zero-order valence-electron chi connectivity index (χ0n) is 13.2. The molecule has 6 heteroatoms. The van der Waals surface area contributed by atoms with Gasteiger partial charge in [-0.05, 0) is 46.2 Å². The van der Waals surface area contributed by atoms with Gasteiger partial charge in [0, 0.05) is 24.8 Å². The monoisotopic (exact) mass is 297 g/mol. The molecule has 0 aliphatic carbocycles. The third-order valence-electron chi connectivity index (χ3n) is 2.71. The molecule has 1 aromatic rings. The van der Waals surface area contributed by atoms with Gasteiger partial charge in [-0.3, -0.25) is 4.98 Å². The van der Waals surface area contributed by atoms with Gasteiger partial charge in [-0.15, -0.1) is 0 Å². The third kappa shape index (κ3) is 7.04. The van der Waals surface area contributed by atoms with Crippen LogP contribution in [0.15, 0.2) is 18.5 Å². The Morgan fingerprint density at radius 3 is 2.62 bits per heavy atom. The Kier molecular flexibility index (Phi) is 6.08. The summed E-state index contributed by atoms with van der Waals surface area (Å²) in [6, 6.07) is 1.39. The summed E-state index contributed by atoms with van der Waals surface area (Å²) in [7, 11) is 0. The molecule has 1 amide bonds. The Balaban J connectivity index is 2.40. The zero-order chi connectivity index (χ0) is 16.0. The molecule has 0 spiro atoms.